The fraction of sp³-hybridized carbons (Fsp3) is 0.500. The van der Waals surface area contributed by atoms with Gasteiger partial charge < -0.3 is 10.6 Å². The molecule has 0 unspecified atom stereocenters. The molecule has 0 atom stereocenters. The normalized spacial score (nSPS) is 21.6. The number of amides is 1. The second kappa shape index (κ2) is 6.61. The van der Waals surface area contributed by atoms with Crippen LogP contribution in [0.15, 0.2) is 12.3 Å². The number of nitrogens with one attached hydrogen (secondary N) is 2. The van der Waals surface area contributed by atoms with Gasteiger partial charge in [0.2, 0.25) is 0 Å². The number of carbonyl (C=O) groups excluding carboxylic acids is 1. The lowest BCUT2D eigenvalue weighted by Crippen LogP contribution is -2.39. The minimum atomic E-state index is -0.801. The van der Waals surface area contributed by atoms with Crippen LogP contribution < -0.4 is 10.6 Å². The van der Waals surface area contributed by atoms with E-state index in [1.165, 1.54) is 6.07 Å². The summed E-state index contributed by atoms with van der Waals surface area (Å²) in [6.45, 7) is 0. The van der Waals surface area contributed by atoms with E-state index in [-0.39, 0.29) is 23.1 Å². The van der Waals surface area contributed by atoms with Crippen LogP contribution in [0.4, 0.5) is 11.5 Å². The zero-order valence-electron chi connectivity index (χ0n) is 11.5. The molecule has 0 aromatic carbocycles. The van der Waals surface area contributed by atoms with Crippen molar-refractivity contribution in [1.29, 1.82) is 0 Å². The van der Waals surface area contributed by atoms with Gasteiger partial charge in [0.05, 0.1) is 10.5 Å². The highest BCUT2D eigenvalue weighted by atomic mass is 32.2. The maximum Gasteiger partial charge on any atom is 0.288 e. The molecule has 9 heteroatoms. The average Bonchev–Trinajstić information content (AvgIpc) is 2.48. The molecule has 0 bridgehead atoms. The minimum Gasteiger partial charge on any atom is -0.372 e. The smallest absolute Gasteiger partial charge is 0.288 e. The van der Waals surface area contributed by atoms with Crippen LogP contribution >= 0.6 is 0 Å². The summed E-state index contributed by atoms with van der Waals surface area (Å²) >= 11 is 0. The van der Waals surface area contributed by atoms with E-state index in [0.717, 1.165) is 6.20 Å². The lowest BCUT2D eigenvalue weighted by atomic mass is 10.1. The summed E-state index contributed by atoms with van der Waals surface area (Å²) in [6, 6.07) is 1.15. The number of nitrogens with zero attached hydrogens (tertiary/aromatic N) is 2. The Bertz CT molecular complexity index is 583. The standard InChI is InChI=1S/C12H16N4O4S/c1-13-11-10(6-9(7-14-11)16(18)19)12(17)15-8-2-4-21(20)5-3-8/h6-8H,2-5H2,1H3,(H,13,14)(H,15,17). The molecule has 114 valence electrons. The first-order valence-electron chi connectivity index (χ1n) is 6.49. The predicted molar refractivity (Wildman–Crippen MR) is 78.8 cm³/mol. The first-order chi connectivity index (χ1) is 10.0. The van der Waals surface area contributed by atoms with E-state index in [1.54, 1.807) is 7.05 Å². The van der Waals surface area contributed by atoms with Gasteiger partial charge in [-0.25, -0.2) is 4.98 Å². The molecule has 2 N–H and O–H groups in total. The van der Waals surface area contributed by atoms with Gasteiger partial charge in [0, 0.05) is 41.5 Å². The first-order valence-corrected chi connectivity index (χ1v) is 7.98. The van der Waals surface area contributed by atoms with Crippen molar-refractivity contribution in [2.24, 2.45) is 0 Å². The van der Waals surface area contributed by atoms with Crippen LogP contribution in [0.2, 0.25) is 0 Å². The molecule has 1 fully saturated rings. The summed E-state index contributed by atoms with van der Waals surface area (Å²) in [4.78, 5) is 26.3. The molecule has 0 radical (unpaired) electrons. The third-order valence-corrected chi connectivity index (χ3v) is 4.67. The molecule has 8 nitrogen and oxygen atoms in total. The molecule has 1 aromatic heterocycles. The van der Waals surface area contributed by atoms with Crippen LogP contribution in [-0.2, 0) is 10.8 Å². The van der Waals surface area contributed by atoms with Crippen LogP contribution in [0.25, 0.3) is 0 Å². The number of aromatic nitrogens is 1. The summed E-state index contributed by atoms with van der Waals surface area (Å²) in [5.74, 6) is 1.01. The van der Waals surface area contributed by atoms with Crippen LogP contribution in [0.1, 0.15) is 23.2 Å². The highest BCUT2D eigenvalue weighted by molar-refractivity contribution is 7.85. The summed E-state index contributed by atoms with van der Waals surface area (Å²) in [6.07, 6.45) is 2.40. The number of rotatable bonds is 4. The molecule has 2 heterocycles. The first kappa shape index (κ1) is 15.4. The molecule has 21 heavy (non-hydrogen) atoms. The Kier molecular flexibility index (Phi) is 4.84. The fourth-order valence-electron chi connectivity index (χ4n) is 2.13. The SMILES string of the molecule is CNc1ncc([N+](=O)[O-])cc1C(=O)NC1CCS(=O)CC1. The fourth-order valence-corrected chi connectivity index (χ4v) is 3.43. The van der Waals surface area contributed by atoms with Crippen molar-refractivity contribution in [3.05, 3.63) is 27.9 Å². The molecule has 1 aliphatic rings. The molecule has 0 aliphatic carbocycles. The van der Waals surface area contributed by atoms with E-state index in [2.05, 4.69) is 15.6 Å². The second-order valence-corrected chi connectivity index (χ2v) is 6.39. The minimum absolute atomic E-state index is 0.0563. The zero-order valence-corrected chi connectivity index (χ0v) is 12.3. The molecule has 1 aliphatic heterocycles. The Morgan fingerprint density at radius 1 is 1.48 bits per heavy atom. The summed E-state index contributed by atoms with van der Waals surface area (Å²) in [5, 5.41) is 16.3. The number of carbonyl (C=O) groups is 1. The van der Waals surface area contributed by atoms with Gasteiger partial charge in [-0.2, -0.15) is 0 Å². The highest BCUT2D eigenvalue weighted by Crippen LogP contribution is 2.19. The number of pyridine rings is 1. The van der Waals surface area contributed by atoms with Gasteiger partial charge in [-0.15, -0.1) is 0 Å². The van der Waals surface area contributed by atoms with Crippen molar-refractivity contribution in [3.8, 4) is 0 Å². The van der Waals surface area contributed by atoms with Crippen molar-refractivity contribution >= 4 is 28.2 Å². The van der Waals surface area contributed by atoms with Crippen molar-refractivity contribution in [3.63, 3.8) is 0 Å². The van der Waals surface area contributed by atoms with Crippen molar-refractivity contribution in [2.45, 2.75) is 18.9 Å². The maximum absolute atomic E-state index is 12.3. The van der Waals surface area contributed by atoms with Crippen LogP contribution in [0.5, 0.6) is 0 Å². The lowest BCUT2D eigenvalue weighted by molar-refractivity contribution is -0.385. The molecule has 0 spiro atoms. The number of nitro groups is 1. The van der Waals surface area contributed by atoms with Gasteiger partial charge in [-0.05, 0) is 12.8 Å². The Morgan fingerprint density at radius 3 is 2.71 bits per heavy atom. The number of hydrogen-bond acceptors (Lipinski definition) is 6. The summed E-state index contributed by atoms with van der Waals surface area (Å²) < 4.78 is 11.3. The predicted octanol–water partition coefficient (Wildman–Crippen LogP) is 0.672. The van der Waals surface area contributed by atoms with Crippen molar-refractivity contribution in [1.82, 2.24) is 10.3 Å². The monoisotopic (exact) mass is 312 g/mol. The summed E-state index contributed by atoms with van der Waals surface area (Å²) in [7, 11) is 0.791. The third-order valence-electron chi connectivity index (χ3n) is 3.29. The number of anilines is 1. The quantitative estimate of drug-likeness (QED) is 0.624. The van der Waals surface area contributed by atoms with Gasteiger partial charge in [0.25, 0.3) is 11.6 Å². The van der Waals surface area contributed by atoms with Crippen LogP contribution in [-0.4, -0.2) is 44.6 Å². The maximum atomic E-state index is 12.3. The zero-order chi connectivity index (χ0) is 15.4. The second-order valence-electron chi connectivity index (χ2n) is 4.69. The molecule has 2 rings (SSSR count). The Labute approximate surface area is 123 Å². The van der Waals surface area contributed by atoms with E-state index in [1.807, 2.05) is 0 Å². The van der Waals surface area contributed by atoms with E-state index in [9.17, 15) is 19.1 Å². The van der Waals surface area contributed by atoms with Gasteiger partial charge in [-0.3, -0.25) is 19.1 Å². The lowest BCUT2D eigenvalue weighted by Gasteiger charge is -2.22. The van der Waals surface area contributed by atoms with Gasteiger partial charge in [0.15, 0.2) is 0 Å². The van der Waals surface area contributed by atoms with E-state index < -0.39 is 21.6 Å². The molecule has 1 saturated heterocycles. The Balaban J connectivity index is 2.15. The molecule has 0 saturated carbocycles. The Hall–Kier alpha value is -2.03. The van der Waals surface area contributed by atoms with Crippen molar-refractivity contribution < 1.29 is 13.9 Å². The molecular formula is C12H16N4O4S. The van der Waals surface area contributed by atoms with Crippen LogP contribution in [0.3, 0.4) is 0 Å². The van der Waals surface area contributed by atoms with Crippen LogP contribution in [0, 0.1) is 10.1 Å². The Morgan fingerprint density at radius 2 is 2.14 bits per heavy atom. The van der Waals surface area contributed by atoms with Gasteiger partial charge in [0.1, 0.15) is 12.0 Å². The summed E-state index contributed by atoms with van der Waals surface area (Å²) in [5.41, 5.74) is -0.0951. The van der Waals surface area contributed by atoms with Gasteiger partial charge in [-0.1, -0.05) is 0 Å². The topological polar surface area (TPSA) is 114 Å². The van der Waals surface area contributed by atoms with E-state index in [4.69, 9.17) is 0 Å². The van der Waals surface area contributed by atoms with E-state index >= 15 is 0 Å². The largest absolute Gasteiger partial charge is 0.372 e. The number of hydrogen-bond donors (Lipinski definition) is 2. The van der Waals surface area contributed by atoms with Crippen molar-refractivity contribution in [2.75, 3.05) is 23.9 Å². The molecule has 1 amide bonds. The highest BCUT2D eigenvalue weighted by Gasteiger charge is 2.23. The van der Waals surface area contributed by atoms with E-state index in [0.29, 0.717) is 24.3 Å². The molecular weight excluding hydrogens is 296 g/mol. The third kappa shape index (κ3) is 3.75. The average molecular weight is 312 g/mol. The van der Waals surface area contributed by atoms with Gasteiger partial charge >= 0.3 is 0 Å². The molecule has 1 aromatic rings.